The summed E-state index contributed by atoms with van der Waals surface area (Å²) in [5.41, 5.74) is 1.11. The van der Waals surface area contributed by atoms with E-state index in [1.165, 1.54) is 19.3 Å². The SMILES string of the molecule is Cc1ccccc1OC[C@H](O)CN1[C@@H](C)CCC[C@@H]1C. The van der Waals surface area contributed by atoms with Gasteiger partial charge in [0.05, 0.1) is 0 Å². The first-order valence-electron chi connectivity index (χ1n) is 7.70. The van der Waals surface area contributed by atoms with E-state index in [0.29, 0.717) is 25.2 Å². The summed E-state index contributed by atoms with van der Waals surface area (Å²) in [6, 6.07) is 9.06. The van der Waals surface area contributed by atoms with Crippen molar-refractivity contribution in [3.8, 4) is 5.75 Å². The second kappa shape index (κ2) is 7.09. The molecule has 1 heterocycles. The van der Waals surface area contributed by atoms with E-state index in [4.69, 9.17) is 4.74 Å². The molecule has 0 amide bonds. The molecule has 0 aromatic heterocycles. The minimum absolute atomic E-state index is 0.362. The summed E-state index contributed by atoms with van der Waals surface area (Å²) in [6.45, 7) is 7.60. The third-order valence-corrected chi connectivity index (χ3v) is 4.32. The van der Waals surface area contributed by atoms with Crippen molar-refractivity contribution in [2.24, 2.45) is 0 Å². The number of aryl methyl sites for hydroxylation is 1. The number of benzene rings is 1. The van der Waals surface area contributed by atoms with E-state index in [-0.39, 0.29) is 0 Å². The average Bonchev–Trinajstić information content (AvgIpc) is 2.42. The zero-order valence-corrected chi connectivity index (χ0v) is 12.9. The van der Waals surface area contributed by atoms with Gasteiger partial charge >= 0.3 is 0 Å². The predicted octanol–water partition coefficient (Wildman–Crippen LogP) is 3.00. The summed E-state index contributed by atoms with van der Waals surface area (Å²) in [4.78, 5) is 2.41. The molecule has 1 aromatic rings. The number of likely N-dealkylation sites (tertiary alicyclic amines) is 1. The third-order valence-electron chi connectivity index (χ3n) is 4.32. The molecule has 0 spiro atoms. The van der Waals surface area contributed by atoms with Crippen molar-refractivity contribution in [1.29, 1.82) is 0 Å². The van der Waals surface area contributed by atoms with Crippen LogP contribution >= 0.6 is 0 Å². The molecule has 1 saturated heterocycles. The maximum atomic E-state index is 10.2. The van der Waals surface area contributed by atoms with Crippen LogP contribution in [0.1, 0.15) is 38.7 Å². The van der Waals surface area contributed by atoms with Gasteiger partial charge in [-0.2, -0.15) is 0 Å². The number of hydrogen-bond acceptors (Lipinski definition) is 3. The van der Waals surface area contributed by atoms with E-state index in [1.807, 2.05) is 31.2 Å². The molecule has 0 aliphatic carbocycles. The molecule has 3 nitrogen and oxygen atoms in total. The van der Waals surface area contributed by atoms with Gasteiger partial charge in [-0.05, 0) is 45.2 Å². The fourth-order valence-corrected chi connectivity index (χ4v) is 3.04. The highest BCUT2D eigenvalue weighted by atomic mass is 16.5. The molecule has 0 saturated carbocycles. The number of para-hydroxylation sites is 1. The molecule has 0 unspecified atom stereocenters. The fraction of sp³-hybridized carbons (Fsp3) is 0.647. The predicted molar refractivity (Wildman–Crippen MR) is 82.2 cm³/mol. The van der Waals surface area contributed by atoms with Crippen LogP contribution in [-0.4, -0.2) is 41.3 Å². The van der Waals surface area contributed by atoms with Crippen molar-refractivity contribution < 1.29 is 9.84 Å². The van der Waals surface area contributed by atoms with Gasteiger partial charge in [0.2, 0.25) is 0 Å². The lowest BCUT2D eigenvalue weighted by Gasteiger charge is -2.40. The Morgan fingerprint density at radius 2 is 1.90 bits per heavy atom. The monoisotopic (exact) mass is 277 g/mol. The molecule has 2 rings (SSSR count). The molecule has 3 atom stereocenters. The van der Waals surface area contributed by atoms with Crippen molar-refractivity contribution in [2.75, 3.05) is 13.2 Å². The van der Waals surface area contributed by atoms with Crippen molar-refractivity contribution >= 4 is 0 Å². The van der Waals surface area contributed by atoms with Crippen LogP contribution in [0.15, 0.2) is 24.3 Å². The molecule has 1 aliphatic rings. The van der Waals surface area contributed by atoms with E-state index in [0.717, 1.165) is 11.3 Å². The highest BCUT2D eigenvalue weighted by Gasteiger charge is 2.26. The molecule has 3 heteroatoms. The van der Waals surface area contributed by atoms with E-state index in [2.05, 4.69) is 18.7 Å². The maximum absolute atomic E-state index is 10.2. The summed E-state index contributed by atoms with van der Waals surface area (Å²) >= 11 is 0. The van der Waals surface area contributed by atoms with Crippen molar-refractivity contribution in [3.05, 3.63) is 29.8 Å². The van der Waals surface area contributed by atoms with Crippen LogP contribution in [-0.2, 0) is 0 Å². The topological polar surface area (TPSA) is 32.7 Å². The minimum Gasteiger partial charge on any atom is -0.491 e. The van der Waals surface area contributed by atoms with Gasteiger partial charge in [0.25, 0.3) is 0 Å². The van der Waals surface area contributed by atoms with Gasteiger partial charge in [0, 0.05) is 18.6 Å². The van der Waals surface area contributed by atoms with Crippen molar-refractivity contribution in [1.82, 2.24) is 4.90 Å². The van der Waals surface area contributed by atoms with Crippen LogP contribution in [0.2, 0.25) is 0 Å². The van der Waals surface area contributed by atoms with Crippen molar-refractivity contribution in [3.63, 3.8) is 0 Å². The molecule has 112 valence electrons. The Labute approximate surface area is 122 Å². The molecule has 1 N–H and O–H groups in total. The lowest BCUT2D eigenvalue weighted by molar-refractivity contribution is 0.0208. The number of β-amino-alcohol motifs (C(OH)–C–C–N with tert-alkyl or cyclic N) is 1. The summed E-state index contributed by atoms with van der Waals surface area (Å²) in [5, 5.41) is 10.2. The highest BCUT2D eigenvalue weighted by Crippen LogP contribution is 2.23. The van der Waals surface area contributed by atoms with Gasteiger partial charge in [-0.25, -0.2) is 0 Å². The molecule has 1 fully saturated rings. The van der Waals surface area contributed by atoms with Gasteiger partial charge in [-0.3, -0.25) is 4.90 Å². The summed E-state index contributed by atoms with van der Waals surface area (Å²) in [7, 11) is 0. The van der Waals surface area contributed by atoms with Gasteiger partial charge in [-0.15, -0.1) is 0 Å². The van der Waals surface area contributed by atoms with Gasteiger partial charge in [-0.1, -0.05) is 24.6 Å². The first kappa shape index (κ1) is 15.3. The van der Waals surface area contributed by atoms with Crippen LogP contribution in [0.25, 0.3) is 0 Å². The second-order valence-electron chi connectivity index (χ2n) is 6.06. The maximum Gasteiger partial charge on any atom is 0.122 e. The van der Waals surface area contributed by atoms with E-state index in [9.17, 15) is 5.11 Å². The zero-order chi connectivity index (χ0) is 14.5. The van der Waals surface area contributed by atoms with E-state index >= 15 is 0 Å². The van der Waals surface area contributed by atoms with Crippen LogP contribution in [0.4, 0.5) is 0 Å². The minimum atomic E-state index is -0.433. The van der Waals surface area contributed by atoms with Crippen LogP contribution in [0.5, 0.6) is 5.75 Å². The molecule has 0 bridgehead atoms. The number of nitrogens with zero attached hydrogens (tertiary/aromatic N) is 1. The lowest BCUT2D eigenvalue weighted by Crippen LogP contribution is -2.48. The summed E-state index contributed by atoms with van der Waals surface area (Å²) < 4.78 is 5.73. The highest BCUT2D eigenvalue weighted by molar-refractivity contribution is 5.31. The first-order chi connectivity index (χ1) is 9.58. The summed E-state index contributed by atoms with van der Waals surface area (Å²) in [6.07, 6.45) is 3.33. The first-order valence-corrected chi connectivity index (χ1v) is 7.70. The Bertz CT molecular complexity index is 411. The number of ether oxygens (including phenoxy) is 1. The molecular formula is C17H27NO2. The second-order valence-corrected chi connectivity index (χ2v) is 6.06. The van der Waals surface area contributed by atoms with E-state index in [1.54, 1.807) is 0 Å². The largest absolute Gasteiger partial charge is 0.491 e. The van der Waals surface area contributed by atoms with Crippen LogP contribution < -0.4 is 4.74 Å². The molecular weight excluding hydrogens is 250 g/mol. The Hall–Kier alpha value is -1.06. The number of rotatable bonds is 5. The molecule has 1 aromatic carbocycles. The van der Waals surface area contributed by atoms with Crippen LogP contribution in [0, 0.1) is 6.92 Å². The van der Waals surface area contributed by atoms with Gasteiger partial charge in [0.15, 0.2) is 0 Å². The number of aliphatic hydroxyl groups is 1. The zero-order valence-electron chi connectivity index (χ0n) is 12.9. The lowest BCUT2D eigenvalue weighted by atomic mass is 9.97. The normalized spacial score (nSPS) is 25.4. The van der Waals surface area contributed by atoms with E-state index < -0.39 is 6.10 Å². The molecule has 1 aliphatic heterocycles. The van der Waals surface area contributed by atoms with Crippen LogP contribution in [0.3, 0.4) is 0 Å². The van der Waals surface area contributed by atoms with Gasteiger partial charge in [0.1, 0.15) is 18.5 Å². The number of piperidine rings is 1. The van der Waals surface area contributed by atoms with Crippen molar-refractivity contribution in [2.45, 2.75) is 58.2 Å². The smallest absolute Gasteiger partial charge is 0.122 e. The molecule has 0 radical (unpaired) electrons. The Morgan fingerprint density at radius 3 is 2.55 bits per heavy atom. The fourth-order valence-electron chi connectivity index (χ4n) is 3.04. The Kier molecular flexibility index (Phi) is 5.44. The summed E-state index contributed by atoms with van der Waals surface area (Å²) in [5.74, 6) is 0.867. The Morgan fingerprint density at radius 1 is 1.25 bits per heavy atom. The number of aliphatic hydroxyl groups excluding tert-OH is 1. The average molecular weight is 277 g/mol. The standard InChI is InChI=1S/C17H27NO2/c1-13-7-4-5-10-17(13)20-12-16(19)11-18-14(2)8-6-9-15(18)3/h4-5,7,10,14-16,19H,6,8-9,11-12H2,1-3H3/t14-,15-,16+/m0/s1. The third kappa shape index (κ3) is 3.97. The van der Waals surface area contributed by atoms with Gasteiger partial charge < -0.3 is 9.84 Å². The number of hydrogen-bond donors (Lipinski definition) is 1. The Balaban J connectivity index is 1.83. The quantitative estimate of drug-likeness (QED) is 0.898. The molecule has 20 heavy (non-hydrogen) atoms.